The summed E-state index contributed by atoms with van der Waals surface area (Å²) in [6, 6.07) is 5.43. The molecule has 5 heterocycles. The lowest BCUT2D eigenvalue weighted by molar-refractivity contribution is -0.164. The normalized spacial score (nSPS) is 38.0. The zero-order chi connectivity index (χ0) is 20.1. The minimum Gasteiger partial charge on any atom is -0.454 e. The topological polar surface area (TPSA) is 82.9 Å². The number of nitriles is 1. The van der Waals surface area contributed by atoms with Gasteiger partial charge in [-0.3, -0.25) is 9.59 Å². The third kappa shape index (κ3) is 1.97. The number of fused-ring (bicyclic) bond motifs is 3. The van der Waals surface area contributed by atoms with Crippen molar-refractivity contribution in [1.82, 2.24) is 9.80 Å². The van der Waals surface area contributed by atoms with Crippen LogP contribution in [0.2, 0.25) is 0 Å². The molecule has 2 amide bonds. The first-order valence-electron chi connectivity index (χ1n) is 8.67. The van der Waals surface area contributed by atoms with Gasteiger partial charge < -0.3 is 19.3 Å². The fourth-order valence-corrected chi connectivity index (χ4v) is 8.65. The van der Waals surface area contributed by atoms with Gasteiger partial charge in [0.2, 0.25) is 6.79 Å². The molecule has 1 aromatic carbocycles. The average Bonchev–Trinajstić information content (AvgIpc) is 3.22. The van der Waals surface area contributed by atoms with Crippen LogP contribution in [0.15, 0.2) is 16.6 Å². The molecule has 0 radical (unpaired) electrons. The molecule has 10 heteroatoms. The molecule has 0 aromatic heterocycles. The second-order valence-corrected chi connectivity index (χ2v) is 11.5. The lowest BCUT2D eigenvalue weighted by Gasteiger charge is -2.57. The lowest BCUT2D eigenvalue weighted by atomic mass is 9.79. The quantitative estimate of drug-likeness (QED) is 0.569. The number of benzene rings is 1. The van der Waals surface area contributed by atoms with Gasteiger partial charge in [0.1, 0.15) is 0 Å². The van der Waals surface area contributed by atoms with Crippen LogP contribution in [0.5, 0.6) is 11.5 Å². The summed E-state index contributed by atoms with van der Waals surface area (Å²) in [6.07, 6.45) is 0.269. The van der Waals surface area contributed by atoms with E-state index in [2.05, 4.69) is 22.0 Å². The predicted molar refractivity (Wildman–Crippen MR) is 107 cm³/mol. The van der Waals surface area contributed by atoms with Crippen molar-refractivity contribution in [2.45, 2.75) is 36.1 Å². The van der Waals surface area contributed by atoms with Crippen molar-refractivity contribution >= 4 is 49.3 Å². The molecule has 7 nitrogen and oxygen atoms in total. The second-order valence-electron chi connectivity index (χ2n) is 7.81. The van der Waals surface area contributed by atoms with Gasteiger partial charge in [0, 0.05) is 17.9 Å². The fraction of sp³-hybridized carbons (Fsp3) is 0.500. The number of halogens is 1. The summed E-state index contributed by atoms with van der Waals surface area (Å²) < 4.78 is 11.7. The van der Waals surface area contributed by atoms with Crippen LogP contribution in [-0.4, -0.2) is 45.2 Å². The Morgan fingerprint density at radius 3 is 2.57 bits per heavy atom. The maximum atomic E-state index is 13.6. The molecule has 1 aromatic rings. The molecule has 4 saturated heterocycles. The van der Waals surface area contributed by atoms with Gasteiger partial charge in [-0.05, 0) is 31.5 Å². The van der Waals surface area contributed by atoms with Crippen molar-refractivity contribution in [3.8, 4) is 17.6 Å². The van der Waals surface area contributed by atoms with E-state index < -0.39 is 21.2 Å². The van der Waals surface area contributed by atoms with E-state index in [9.17, 15) is 14.9 Å². The molecule has 4 fully saturated rings. The smallest absolute Gasteiger partial charge is 0.261 e. The highest BCUT2D eigenvalue weighted by Gasteiger charge is 2.75. The Hall–Kier alpha value is -1.57. The van der Waals surface area contributed by atoms with E-state index in [1.165, 1.54) is 26.5 Å². The summed E-state index contributed by atoms with van der Waals surface area (Å²) >= 11 is 3.58. The lowest BCUT2D eigenvalue weighted by Crippen LogP contribution is -2.73. The molecule has 5 aliphatic rings. The Morgan fingerprint density at radius 2 is 1.89 bits per heavy atom. The van der Waals surface area contributed by atoms with Crippen LogP contribution in [0.4, 0.5) is 0 Å². The molecule has 0 N–H and O–H groups in total. The van der Waals surface area contributed by atoms with Crippen molar-refractivity contribution in [2.24, 2.45) is 5.41 Å². The van der Waals surface area contributed by atoms with Crippen LogP contribution in [0.1, 0.15) is 31.9 Å². The maximum Gasteiger partial charge on any atom is 0.261 e. The van der Waals surface area contributed by atoms with Crippen molar-refractivity contribution < 1.29 is 19.1 Å². The van der Waals surface area contributed by atoms with Gasteiger partial charge in [-0.2, -0.15) is 5.26 Å². The first kappa shape index (κ1) is 18.5. The van der Waals surface area contributed by atoms with Crippen molar-refractivity contribution in [2.75, 3.05) is 13.8 Å². The van der Waals surface area contributed by atoms with Crippen LogP contribution >= 0.6 is 37.5 Å². The highest BCUT2D eigenvalue weighted by atomic mass is 79.9. The van der Waals surface area contributed by atoms with Crippen molar-refractivity contribution in [3.05, 3.63) is 22.2 Å². The largest absolute Gasteiger partial charge is 0.454 e. The third-order valence-electron chi connectivity index (χ3n) is 6.14. The van der Waals surface area contributed by atoms with E-state index in [1.54, 1.807) is 24.9 Å². The summed E-state index contributed by atoms with van der Waals surface area (Å²) in [5, 5.41) is 10.1. The zero-order valence-corrected chi connectivity index (χ0v) is 18.5. The number of amides is 2. The molecule has 1 spiro atoms. The Morgan fingerprint density at radius 1 is 1.21 bits per heavy atom. The number of rotatable bonds is 1. The number of ether oxygens (including phenoxy) is 2. The number of carbonyl (C=O) groups is 2. The number of nitrogens with zero attached hydrogens (tertiary/aromatic N) is 3. The number of likely N-dealkylation sites (N-methyl/N-ethyl adjacent to an activating group) is 1. The standard InChI is InChI=1S/C18H16BrN3O4S2/c1-16(7-20)6-18-15(24)21(3)17(2,27-28-18)14(23)22(18)13(16)9-4-11-12(5-10(9)19)26-8-25-11/h4-5,13H,6,8H2,1-3H3/t13-,16-,17+,18+/m1/s1. The van der Waals surface area contributed by atoms with E-state index >= 15 is 0 Å². The van der Waals surface area contributed by atoms with Gasteiger partial charge in [-0.15, -0.1) is 0 Å². The summed E-state index contributed by atoms with van der Waals surface area (Å²) in [5.74, 6) is 0.915. The first-order valence-corrected chi connectivity index (χ1v) is 11.6. The zero-order valence-electron chi connectivity index (χ0n) is 15.3. The van der Waals surface area contributed by atoms with Gasteiger partial charge in [-0.25, -0.2) is 0 Å². The Bertz CT molecular complexity index is 1000. The number of piperazine rings is 1. The fourth-order valence-electron chi connectivity index (χ4n) is 4.53. The highest BCUT2D eigenvalue weighted by Crippen LogP contribution is 2.69. The van der Waals surface area contributed by atoms with Gasteiger partial charge in [-0.1, -0.05) is 37.5 Å². The summed E-state index contributed by atoms with van der Waals surface area (Å²) in [7, 11) is 4.47. The van der Waals surface area contributed by atoms with Crippen LogP contribution in [-0.2, 0) is 9.59 Å². The van der Waals surface area contributed by atoms with E-state index in [0.717, 1.165) is 10.0 Å². The van der Waals surface area contributed by atoms with Gasteiger partial charge in [0.05, 0.1) is 17.5 Å². The SMILES string of the molecule is CN1C(=O)[C@@]23C[C@](C)(C#N)[C@@H](c4cc5c(cc4Br)OCO5)N2C(=O)[C@]1(C)SS3. The predicted octanol–water partition coefficient (Wildman–Crippen LogP) is 3.26. The van der Waals surface area contributed by atoms with Crippen LogP contribution in [0, 0.1) is 16.7 Å². The molecule has 28 heavy (non-hydrogen) atoms. The monoisotopic (exact) mass is 481 g/mol. The molecule has 5 aliphatic heterocycles. The molecule has 0 unspecified atom stereocenters. The molecule has 0 saturated carbocycles. The van der Waals surface area contributed by atoms with E-state index in [0.29, 0.717) is 11.5 Å². The Balaban J connectivity index is 1.74. The molecule has 0 aliphatic carbocycles. The van der Waals surface area contributed by atoms with E-state index in [1.807, 2.05) is 13.0 Å². The Kier molecular flexibility index (Phi) is 3.64. The van der Waals surface area contributed by atoms with E-state index in [4.69, 9.17) is 9.47 Å². The van der Waals surface area contributed by atoms with Crippen LogP contribution in [0.3, 0.4) is 0 Å². The molecule has 6 rings (SSSR count). The third-order valence-corrected chi connectivity index (χ3v) is 10.5. The number of hydrogen-bond acceptors (Lipinski definition) is 7. The summed E-state index contributed by atoms with van der Waals surface area (Å²) in [6.45, 7) is 3.72. The van der Waals surface area contributed by atoms with E-state index in [-0.39, 0.29) is 25.0 Å². The van der Waals surface area contributed by atoms with Gasteiger partial charge >= 0.3 is 0 Å². The second kappa shape index (κ2) is 5.52. The summed E-state index contributed by atoms with van der Waals surface area (Å²) in [5.41, 5.74) is -0.193. The number of carbonyl (C=O) groups excluding carboxylic acids is 2. The summed E-state index contributed by atoms with van der Waals surface area (Å²) in [4.78, 5) is 28.0. The molecular formula is C18H16BrN3O4S2. The van der Waals surface area contributed by atoms with Crippen molar-refractivity contribution in [1.29, 1.82) is 5.26 Å². The van der Waals surface area contributed by atoms with Gasteiger partial charge in [0.15, 0.2) is 21.2 Å². The molecule has 2 bridgehead atoms. The van der Waals surface area contributed by atoms with Crippen molar-refractivity contribution in [3.63, 3.8) is 0 Å². The van der Waals surface area contributed by atoms with Crippen LogP contribution < -0.4 is 9.47 Å². The van der Waals surface area contributed by atoms with Gasteiger partial charge in [0.25, 0.3) is 11.8 Å². The minimum atomic E-state index is -1.08. The maximum absolute atomic E-state index is 13.6. The Labute approximate surface area is 178 Å². The molecule has 146 valence electrons. The average molecular weight is 482 g/mol. The molecular weight excluding hydrogens is 466 g/mol. The first-order chi connectivity index (χ1) is 13.2. The minimum absolute atomic E-state index is 0.126. The van der Waals surface area contributed by atoms with Crippen LogP contribution in [0.25, 0.3) is 0 Å². The highest BCUT2D eigenvalue weighted by molar-refractivity contribution is 9.10. The number of hydrogen-bond donors (Lipinski definition) is 0. The molecule has 4 atom stereocenters.